The Kier molecular flexibility index (Phi) is 4.38. The molecule has 3 heterocycles. The highest BCUT2D eigenvalue weighted by atomic mass is 15.1. The molecule has 0 saturated carbocycles. The van der Waals surface area contributed by atoms with Gasteiger partial charge >= 0.3 is 0 Å². The Bertz CT molecular complexity index is 598. The molecule has 0 spiro atoms. The van der Waals surface area contributed by atoms with Crippen molar-refractivity contribution in [3.8, 4) is 11.4 Å². The van der Waals surface area contributed by atoms with Gasteiger partial charge in [0.25, 0.3) is 0 Å². The second kappa shape index (κ2) is 6.64. The average molecular weight is 269 g/mol. The van der Waals surface area contributed by atoms with E-state index < -0.39 is 0 Å². The van der Waals surface area contributed by atoms with E-state index in [0.29, 0.717) is 5.82 Å². The molecule has 100 valence electrons. The quantitative estimate of drug-likeness (QED) is 0.622. The summed E-state index contributed by atoms with van der Waals surface area (Å²) in [7, 11) is 0. The van der Waals surface area contributed by atoms with Crippen molar-refractivity contribution in [1.29, 1.82) is 0 Å². The van der Waals surface area contributed by atoms with Gasteiger partial charge in [0.2, 0.25) is 11.9 Å². The summed E-state index contributed by atoms with van der Waals surface area (Å²) in [5.41, 5.74) is 11.7. The number of hydrogen-bond acceptors (Lipinski definition) is 9. The number of pyridine rings is 1. The number of rotatable bonds is 1. The lowest BCUT2D eigenvalue weighted by molar-refractivity contribution is 1.05. The number of aromatic nitrogens is 7. The number of nitrogens with zero attached hydrogens (tertiary/aromatic N) is 7. The Morgan fingerprint density at radius 3 is 1.60 bits per heavy atom. The SMILES string of the molecule is Nc1nc(N)nc(-c2ccncc2)n1.c1ncncn1. The van der Waals surface area contributed by atoms with Gasteiger partial charge in [-0.2, -0.15) is 15.0 Å². The van der Waals surface area contributed by atoms with E-state index in [1.165, 1.54) is 19.0 Å². The van der Waals surface area contributed by atoms with Gasteiger partial charge in [-0.1, -0.05) is 0 Å². The predicted octanol–water partition coefficient (Wildman–Crippen LogP) is -0.0304. The van der Waals surface area contributed by atoms with Crippen molar-refractivity contribution >= 4 is 11.9 Å². The summed E-state index contributed by atoms with van der Waals surface area (Å²) in [6.45, 7) is 0. The zero-order chi connectivity index (χ0) is 14.2. The van der Waals surface area contributed by atoms with Crippen LogP contribution in [0.3, 0.4) is 0 Å². The van der Waals surface area contributed by atoms with E-state index in [4.69, 9.17) is 11.5 Å². The average Bonchev–Trinajstić information content (AvgIpc) is 2.50. The molecule has 4 N–H and O–H groups in total. The molecule has 0 aliphatic heterocycles. The lowest BCUT2D eigenvalue weighted by Gasteiger charge is -2.00. The summed E-state index contributed by atoms with van der Waals surface area (Å²) < 4.78 is 0. The first-order valence-corrected chi connectivity index (χ1v) is 5.48. The molecular formula is C11H11N9. The Morgan fingerprint density at radius 2 is 1.15 bits per heavy atom. The van der Waals surface area contributed by atoms with Crippen LogP contribution in [-0.4, -0.2) is 34.9 Å². The van der Waals surface area contributed by atoms with Crippen LogP contribution in [0.2, 0.25) is 0 Å². The Labute approximate surface area is 114 Å². The highest BCUT2D eigenvalue weighted by Crippen LogP contribution is 2.13. The van der Waals surface area contributed by atoms with Crippen LogP contribution in [0, 0.1) is 0 Å². The van der Waals surface area contributed by atoms with Crippen molar-refractivity contribution in [2.24, 2.45) is 0 Å². The monoisotopic (exact) mass is 269 g/mol. The molecular weight excluding hydrogens is 258 g/mol. The van der Waals surface area contributed by atoms with Gasteiger partial charge in [-0.15, -0.1) is 0 Å². The molecule has 0 aromatic carbocycles. The maximum atomic E-state index is 5.44. The number of hydrogen-bond donors (Lipinski definition) is 2. The van der Waals surface area contributed by atoms with Crippen LogP contribution in [0.5, 0.6) is 0 Å². The molecule has 3 rings (SSSR count). The molecule has 20 heavy (non-hydrogen) atoms. The number of anilines is 2. The Hall–Kier alpha value is -3.23. The third-order valence-corrected chi connectivity index (χ3v) is 2.01. The van der Waals surface area contributed by atoms with Crippen LogP contribution in [0.4, 0.5) is 11.9 Å². The smallest absolute Gasteiger partial charge is 0.225 e. The number of nitrogen functional groups attached to an aromatic ring is 2. The zero-order valence-electron chi connectivity index (χ0n) is 10.3. The van der Waals surface area contributed by atoms with E-state index >= 15 is 0 Å². The summed E-state index contributed by atoms with van der Waals surface area (Å²) in [5, 5.41) is 0. The van der Waals surface area contributed by atoms with Crippen molar-refractivity contribution in [3.05, 3.63) is 43.5 Å². The summed E-state index contributed by atoms with van der Waals surface area (Å²) in [4.78, 5) is 26.2. The summed E-state index contributed by atoms with van der Waals surface area (Å²) >= 11 is 0. The van der Waals surface area contributed by atoms with Gasteiger partial charge in [0.05, 0.1) is 0 Å². The fourth-order valence-corrected chi connectivity index (χ4v) is 1.24. The molecule has 3 aromatic rings. The third-order valence-electron chi connectivity index (χ3n) is 2.01. The minimum atomic E-state index is 0.115. The summed E-state index contributed by atoms with van der Waals surface area (Å²) in [6.07, 6.45) is 7.60. The van der Waals surface area contributed by atoms with Crippen molar-refractivity contribution in [2.45, 2.75) is 0 Å². The van der Waals surface area contributed by atoms with Gasteiger partial charge in [0.1, 0.15) is 19.0 Å². The second-order valence-corrected chi connectivity index (χ2v) is 3.40. The molecule has 0 saturated heterocycles. The lowest BCUT2D eigenvalue weighted by atomic mass is 10.2. The Balaban J connectivity index is 0.000000205. The Morgan fingerprint density at radius 1 is 0.650 bits per heavy atom. The van der Waals surface area contributed by atoms with Gasteiger partial charge in [-0.25, -0.2) is 15.0 Å². The fraction of sp³-hybridized carbons (Fsp3) is 0. The molecule has 0 radical (unpaired) electrons. The highest BCUT2D eigenvalue weighted by Gasteiger charge is 2.03. The van der Waals surface area contributed by atoms with E-state index in [1.807, 2.05) is 0 Å². The van der Waals surface area contributed by atoms with Crippen LogP contribution in [0.1, 0.15) is 0 Å². The molecule has 0 fully saturated rings. The van der Waals surface area contributed by atoms with E-state index in [-0.39, 0.29) is 11.9 Å². The van der Waals surface area contributed by atoms with Gasteiger partial charge in [0, 0.05) is 18.0 Å². The molecule has 0 bridgehead atoms. The lowest BCUT2D eigenvalue weighted by Crippen LogP contribution is -2.04. The first-order chi connectivity index (χ1) is 9.75. The van der Waals surface area contributed by atoms with Crippen molar-refractivity contribution in [3.63, 3.8) is 0 Å². The van der Waals surface area contributed by atoms with Crippen LogP contribution in [-0.2, 0) is 0 Å². The minimum absolute atomic E-state index is 0.115. The van der Waals surface area contributed by atoms with Crippen molar-refractivity contribution in [1.82, 2.24) is 34.9 Å². The zero-order valence-corrected chi connectivity index (χ0v) is 10.3. The molecule has 3 aromatic heterocycles. The molecule has 0 aliphatic carbocycles. The van der Waals surface area contributed by atoms with Crippen LogP contribution >= 0.6 is 0 Å². The standard InChI is InChI=1S/C8H8N6.C3H3N3/c9-7-12-6(13-8(10)14-7)5-1-3-11-4-2-5;1-4-2-6-3-5-1/h1-4H,(H4,9,10,12,13,14);1-3H. The predicted molar refractivity (Wildman–Crippen MR) is 71.7 cm³/mol. The van der Waals surface area contributed by atoms with Gasteiger partial charge in [0.15, 0.2) is 5.82 Å². The molecule has 0 aliphatic rings. The van der Waals surface area contributed by atoms with E-state index in [1.54, 1.807) is 24.5 Å². The van der Waals surface area contributed by atoms with Gasteiger partial charge < -0.3 is 11.5 Å². The molecule has 0 amide bonds. The summed E-state index contributed by atoms with van der Waals surface area (Å²) in [6, 6.07) is 3.54. The molecule has 9 heteroatoms. The second-order valence-electron chi connectivity index (χ2n) is 3.40. The highest BCUT2D eigenvalue weighted by molar-refractivity contribution is 5.55. The number of nitrogens with two attached hydrogens (primary N) is 2. The van der Waals surface area contributed by atoms with Crippen molar-refractivity contribution < 1.29 is 0 Å². The topological polar surface area (TPSA) is 142 Å². The fourth-order valence-electron chi connectivity index (χ4n) is 1.24. The van der Waals surface area contributed by atoms with E-state index in [2.05, 4.69) is 34.9 Å². The summed E-state index contributed by atoms with van der Waals surface area (Å²) in [5.74, 6) is 0.686. The van der Waals surface area contributed by atoms with Gasteiger partial charge in [-0.3, -0.25) is 4.98 Å². The largest absolute Gasteiger partial charge is 0.368 e. The maximum Gasteiger partial charge on any atom is 0.225 e. The van der Waals surface area contributed by atoms with E-state index in [9.17, 15) is 0 Å². The first kappa shape index (κ1) is 13.2. The van der Waals surface area contributed by atoms with E-state index in [0.717, 1.165) is 5.56 Å². The molecule has 9 nitrogen and oxygen atoms in total. The third kappa shape index (κ3) is 3.91. The molecule has 0 unspecified atom stereocenters. The van der Waals surface area contributed by atoms with Crippen LogP contribution < -0.4 is 11.5 Å². The minimum Gasteiger partial charge on any atom is -0.368 e. The van der Waals surface area contributed by atoms with Crippen LogP contribution in [0.25, 0.3) is 11.4 Å². The normalized spacial score (nSPS) is 9.40. The molecule has 0 atom stereocenters. The van der Waals surface area contributed by atoms with Gasteiger partial charge in [-0.05, 0) is 12.1 Å². The van der Waals surface area contributed by atoms with Crippen LogP contribution in [0.15, 0.2) is 43.5 Å². The van der Waals surface area contributed by atoms with Crippen molar-refractivity contribution in [2.75, 3.05) is 11.5 Å². The first-order valence-electron chi connectivity index (χ1n) is 5.48. The maximum absolute atomic E-state index is 5.44.